The molecule has 12 heavy (non-hydrogen) atoms. The molecule has 0 aromatic heterocycles. The number of carbonyl (C=O) groups is 2. The van der Waals surface area contributed by atoms with Crippen molar-refractivity contribution in [1.29, 1.82) is 0 Å². The molecule has 4 heteroatoms. The second-order valence-electron chi connectivity index (χ2n) is 2.31. The van der Waals surface area contributed by atoms with Crippen LogP contribution in [-0.4, -0.2) is 11.0 Å². The lowest BCUT2D eigenvalue weighted by molar-refractivity contribution is 0.107. The van der Waals surface area contributed by atoms with Crippen molar-refractivity contribution in [2.45, 2.75) is 0 Å². The van der Waals surface area contributed by atoms with E-state index >= 15 is 0 Å². The van der Waals surface area contributed by atoms with Gasteiger partial charge in [-0.3, -0.25) is 9.59 Å². The molecule has 1 rings (SSSR count). The maximum atomic E-state index is 10.8. The summed E-state index contributed by atoms with van der Waals surface area (Å²) in [6.07, 6.45) is 0. The van der Waals surface area contributed by atoms with E-state index in [1.54, 1.807) is 24.3 Å². The molecule has 0 aliphatic heterocycles. The van der Waals surface area contributed by atoms with Crippen LogP contribution in [0.15, 0.2) is 24.3 Å². The number of rotatable bonds is 2. The molecule has 0 N–H and O–H groups in total. The normalized spacial score (nSPS) is 9.50. The zero-order valence-electron chi connectivity index (χ0n) is 6.28. The fraction of sp³-hybridized carbons (Fsp3) is 0. The van der Waals surface area contributed by atoms with Gasteiger partial charge in [-0.1, -0.05) is 42.7 Å². The molecule has 0 fully saturated rings. The van der Waals surface area contributed by atoms with Gasteiger partial charge < -0.3 is 0 Å². The van der Waals surface area contributed by atoms with Crippen LogP contribution in [0, 0.1) is 0 Å². The van der Waals surface area contributed by atoms with Gasteiger partial charge in [0.15, 0.2) is 11.0 Å². The summed E-state index contributed by atoms with van der Waals surface area (Å²) in [7, 11) is 4.17. The van der Waals surface area contributed by atoms with E-state index in [9.17, 15) is 9.59 Å². The molecule has 2 atom stereocenters. The SMILES string of the molecule is O=C(P)c1ccc(C(=O)P)cc1. The van der Waals surface area contributed by atoms with Crippen molar-refractivity contribution in [3.8, 4) is 0 Å². The maximum absolute atomic E-state index is 10.8. The zero-order chi connectivity index (χ0) is 9.14. The van der Waals surface area contributed by atoms with Crippen molar-refractivity contribution in [3.63, 3.8) is 0 Å². The van der Waals surface area contributed by atoms with Crippen LogP contribution in [0.1, 0.15) is 20.7 Å². The minimum Gasteiger partial charge on any atom is -0.290 e. The molecule has 62 valence electrons. The van der Waals surface area contributed by atoms with E-state index in [1.165, 1.54) is 0 Å². The summed E-state index contributed by atoms with van der Waals surface area (Å²) in [5.74, 6) is 0. The number of hydrogen-bond donors (Lipinski definition) is 0. The van der Waals surface area contributed by atoms with Gasteiger partial charge in [0.05, 0.1) is 0 Å². The average molecular weight is 198 g/mol. The van der Waals surface area contributed by atoms with Gasteiger partial charge in [-0.15, -0.1) is 0 Å². The Morgan fingerprint density at radius 2 is 1.08 bits per heavy atom. The van der Waals surface area contributed by atoms with E-state index in [-0.39, 0.29) is 11.0 Å². The third kappa shape index (κ3) is 2.20. The van der Waals surface area contributed by atoms with Crippen LogP contribution in [0.2, 0.25) is 0 Å². The molecule has 0 spiro atoms. The molecule has 1 aromatic carbocycles. The summed E-state index contributed by atoms with van der Waals surface area (Å²) < 4.78 is 0. The van der Waals surface area contributed by atoms with Gasteiger partial charge in [-0.05, 0) is 0 Å². The Balaban J connectivity index is 3.01. The first-order chi connectivity index (χ1) is 5.61. The molecular weight excluding hydrogens is 190 g/mol. The van der Waals surface area contributed by atoms with Gasteiger partial charge in [-0.25, -0.2) is 0 Å². The molecule has 0 aliphatic carbocycles. The Morgan fingerprint density at radius 1 is 0.833 bits per heavy atom. The molecule has 0 amide bonds. The molecule has 2 unspecified atom stereocenters. The number of hydrogen-bond acceptors (Lipinski definition) is 2. The largest absolute Gasteiger partial charge is 0.290 e. The van der Waals surface area contributed by atoms with Crippen LogP contribution in [0.25, 0.3) is 0 Å². The van der Waals surface area contributed by atoms with Gasteiger partial charge in [0.2, 0.25) is 0 Å². The van der Waals surface area contributed by atoms with Crippen LogP contribution in [0.4, 0.5) is 0 Å². The van der Waals surface area contributed by atoms with Crippen molar-refractivity contribution >= 4 is 29.5 Å². The van der Waals surface area contributed by atoms with Crippen molar-refractivity contribution in [3.05, 3.63) is 35.4 Å². The lowest BCUT2D eigenvalue weighted by Gasteiger charge is -1.96. The van der Waals surface area contributed by atoms with Crippen LogP contribution in [-0.2, 0) is 0 Å². The minimum absolute atomic E-state index is 0.0715. The van der Waals surface area contributed by atoms with Crippen LogP contribution < -0.4 is 0 Å². The maximum Gasteiger partial charge on any atom is 0.178 e. The van der Waals surface area contributed by atoms with Crippen molar-refractivity contribution < 1.29 is 9.59 Å². The Labute approximate surface area is 75.1 Å². The number of carbonyl (C=O) groups excluding carboxylic acids is 2. The van der Waals surface area contributed by atoms with E-state index in [1.807, 2.05) is 0 Å². The van der Waals surface area contributed by atoms with E-state index < -0.39 is 0 Å². The lowest BCUT2D eigenvalue weighted by atomic mass is 10.2. The Bertz CT molecular complexity index is 283. The predicted octanol–water partition coefficient (Wildman–Crippen LogP) is 1.72. The topological polar surface area (TPSA) is 34.1 Å². The fourth-order valence-electron chi connectivity index (χ4n) is 0.799. The molecule has 0 aliphatic rings. The zero-order valence-corrected chi connectivity index (χ0v) is 8.59. The molecule has 0 saturated heterocycles. The quantitative estimate of drug-likeness (QED) is 0.678. The molecule has 2 nitrogen and oxygen atoms in total. The van der Waals surface area contributed by atoms with E-state index in [0.29, 0.717) is 11.1 Å². The van der Waals surface area contributed by atoms with E-state index in [4.69, 9.17) is 0 Å². The number of benzene rings is 1. The summed E-state index contributed by atoms with van der Waals surface area (Å²) in [6.45, 7) is 0. The Kier molecular flexibility index (Phi) is 3.08. The third-order valence-electron chi connectivity index (χ3n) is 1.45. The van der Waals surface area contributed by atoms with Crippen molar-refractivity contribution in [2.75, 3.05) is 0 Å². The lowest BCUT2D eigenvalue weighted by Crippen LogP contribution is -1.91. The first-order valence-electron chi connectivity index (χ1n) is 3.31. The highest BCUT2D eigenvalue weighted by atomic mass is 31.0. The first-order valence-corrected chi connectivity index (χ1v) is 4.46. The molecule has 0 bridgehead atoms. The van der Waals surface area contributed by atoms with E-state index in [2.05, 4.69) is 18.5 Å². The van der Waals surface area contributed by atoms with Crippen molar-refractivity contribution in [2.24, 2.45) is 0 Å². The Morgan fingerprint density at radius 3 is 1.25 bits per heavy atom. The van der Waals surface area contributed by atoms with Crippen LogP contribution >= 0.6 is 18.5 Å². The highest BCUT2D eigenvalue weighted by molar-refractivity contribution is 7.41. The smallest absolute Gasteiger partial charge is 0.178 e. The summed E-state index contributed by atoms with van der Waals surface area (Å²) in [5.41, 5.74) is 1.04. The van der Waals surface area contributed by atoms with E-state index in [0.717, 1.165) is 0 Å². The summed E-state index contributed by atoms with van der Waals surface area (Å²) in [5, 5.41) is 0. The van der Waals surface area contributed by atoms with Gasteiger partial charge in [0.25, 0.3) is 0 Å². The second kappa shape index (κ2) is 3.89. The molecule has 0 radical (unpaired) electrons. The third-order valence-corrected chi connectivity index (χ3v) is 2.12. The molecular formula is C8H8O2P2. The average Bonchev–Trinajstić information content (AvgIpc) is 2.04. The van der Waals surface area contributed by atoms with Gasteiger partial charge >= 0.3 is 0 Å². The van der Waals surface area contributed by atoms with Gasteiger partial charge in [-0.2, -0.15) is 0 Å². The molecule has 0 heterocycles. The minimum atomic E-state index is -0.0715. The highest BCUT2D eigenvalue weighted by Gasteiger charge is 2.01. The Hall–Kier alpha value is -0.580. The van der Waals surface area contributed by atoms with Crippen LogP contribution in [0.3, 0.4) is 0 Å². The van der Waals surface area contributed by atoms with Crippen LogP contribution in [0.5, 0.6) is 0 Å². The summed E-state index contributed by atoms with van der Waals surface area (Å²) in [4.78, 5) is 21.6. The molecule has 1 aromatic rings. The van der Waals surface area contributed by atoms with Gasteiger partial charge in [0.1, 0.15) is 0 Å². The molecule has 0 saturated carbocycles. The highest BCUT2D eigenvalue weighted by Crippen LogP contribution is 2.10. The second-order valence-corrected chi connectivity index (χ2v) is 3.35. The van der Waals surface area contributed by atoms with Gasteiger partial charge in [0, 0.05) is 11.1 Å². The van der Waals surface area contributed by atoms with Crippen molar-refractivity contribution in [1.82, 2.24) is 0 Å². The summed E-state index contributed by atoms with van der Waals surface area (Å²) >= 11 is 0. The fourth-order valence-corrected chi connectivity index (χ4v) is 1.18. The first kappa shape index (κ1) is 9.51. The predicted molar refractivity (Wildman–Crippen MR) is 54.5 cm³/mol. The monoisotopic (exact) mass is 198 g/mol. The standard InChI is InChI=1S/C8H8O2P2/c9-7(11)5-1-2-6(4-3-5)8(10)12/h1-4H,11-12H2. The summed E-state index contributed by atoms with van der Waals surface area (Å²) in [6, 6.07) is 6.53.